The highest BCUT2D eigenvalue weighted by atomic mass is 16.6. The first-order valence-electron chi connectivity index (χ1n) is 6.73. The molecule has 1 aliphatic heterocycles. The van der Waals surface area contributed by atoms with Gasteiger partial charge in [-0.05, 0) is 18.9 Å². The molecule has 3 N–H and O–H groups in total. The molecule has 1 fully saturated rings. The molecule has 0 bridgehead atoms. The third-order valence-electron chi connectivity index (χ3n) is 3.70. The van der Waals surface area contributed by atoms with Crippen molar-refractivity contribution < 1.29 is 9.72 Å². The van der Waals surface area contributed by atoms with Gasteiger partial charge >= 0.3 is 0 Å². The van der Waals surface area contributed by atoms with Crippen LogP contribution in [0.5, 0.6) is 0 Å². The molecule has 3 rings (SSSR count). The molecule has 0 spiro atoms. The monoisotopic (exact) mass is 289 g/mol. The molecule has 1 saturated heterocycles. The molecule has 8 heteroatoms. The first kappa shape index (κ1) is 13.5. The number of aromatic amines is 1. The molecule has 21 heavy (non-hydrogen) atoms. The Morgan fingerprint density at radius 1 is 1.52 bits per heavy atom. The number of non-ortho nitro benzene ring substituents is 1. The Morgan fingerprint density at radius 3 is 3.05 bits per heavy atom. The van der Waals surface area contributed by atoms with E-state index in [1.807, 2.05) is 0 Å². The van der Waals surface area contributed by atoms with Crippen molar-refractivity contribution in [2.75, 3.05) is 13.1 Å². The summed E-state index contributed by atoms with van der Waals surface area (Å²) in [5.74, 6) is -0.239. The molecule has 8 nitrogen and oxygen atoms in total. The number of fused-ring (bicyclic) bond motifs is 1. The number of H-pyrrole nitrogens is 1. The van der Waals surface area contributed by atoms with Gasteiger partial charge in [-0.3, -0.25) is 20.0 Å². The van der Waals surface area contributed by atoms with Crippen LogP contribution >= 0.6 is 0 Å². The van der Waals surface area contributed by atoms with Crippen molar-refractivity contribution in [2.45, 2.75) is 18.9 Å². The Hall–Kier alpha value is -2.48. The minimum atomic E-state index is -0.489. The summed E-state index contributed by atoms with van der Waals surface area (Å²) in [6, 6.07) is 4.28. The van der Waals surface area contributed by atoms with Crippen LogP contribution in [0, 0.1) is 10.1 Å². The van der Waals surface area contributed by atoms with Gasteiger partial charge in [0.15, 0.2) is 5.69 Å². The van der Waals surface area contributed by atoms with Crippen LogP contribution in [-0.4, -0.2) is 45.1 Å². The third-order valence-corrected chi connectivity index (χ3v) is 3.70. The number of aromatic nitrogens is 2. The van der Waals surface area contributed by atoms with Gasteiger partial charge in [0.25, 0.3) is 11.6 Å². The van der Waals surface area contributed by atoms with Gasteiger partial charge in [-0.1, -0.05) is 0 Å². The number of benzene rings is 1. The predicted molar refractivity (Wildman–Crippen MR) is 75.9 cm³/mol. The van der Waals surface area contributed by atoms with Crippen molar-refractivity contribution >= 4 is 22.5 Å². The summed E-state index contributed by atoms with van der Waals surface area (Å²) in [4.78, 5) is 24.5. The van der Waals surface area contributed by atoms with Crippen LogP contribution in [0.15, 0.2) is 18.2 Å². The number of nitrogens with one attached hydrogen (secondary N) is 1. The maximum atomic E-state index is 12.5. The van der Waals surface area contributed by atoms with Gasteiger partial charge in [0.1, 0.15) is 0 Å². The second kappa shape index (κ2) is 5.13. The average Bonchev–Trinajstić information content (AvgIpc) is 2.89. The van der Waals surface area contributed by atoms with Crippen LogP contribution in [0.3, 0.4) is 0 Å². The Morgan fingerprint density at radius 2 is 2.33 bits per heavy atom. The van der Waals surface area contributed by atoms with Crippen LogP contribution in [0.1, 0.15) is 23.3 Å². The molecule has 2 aromatic rings. The summed E-state index contributed by atoms with van der Waals surface area (Å²) in [6.07, 6.45) is 1.76. The molecular formula is C13H15N5O3. The number of hydrogen-bond donors (Lipinski definition) is 2. The van der Waals surface area contributed by atoms with Crippen LogP contribution in [0.4, 0.5) is 5.69 Å². The standard InChI is InChI=1S/C13H15N5O3/c14-8-2-1-5-17(7-8)13(19)12-10-6-9(18(20)21)3-4-11(10)15-16-12/h3-4,6,8H,1-2,5,7,14H2,(H,15,16). The minimum absolute atomic E-state index is 0.0257. The number of amides is 1. The topological polar surface area (TPSA) is 118 Å². The lowest BCUT2D eigenvalue weighted by molar-refractivity contribution is -0.384. The highest BCUT2D eigenvalue weighted by Crippen LogP contribution is 2.23. The van der Waals surface area contributed by atoms with Crippen LogP contribution < -0.4 is 5.73 Å². The van der Waals surface area contributed by atoms with Crippen molar-refractivity contribution in [3.05, 3.63) is 34.0 Å². The second-order valence-electron chi connectivity index (χ2n) is 5.21. The van der Waals surface area contributed by atoms with Gasteiger partial charge in [0.2, 0.25) is 0 Å². The van der Waals surface area contributed by atoms with E-state index in [1.165, 1.54) is 12.1 Å². The number of carbonyl (C=O) groups excluding carboxylic acids is 1. The van der Waals surface area contributed by atoms with Crippen molar-refractivity contribution in [3.8, 4) is 0 Å². The number of rotatable bonds is 2. The first-order valence-corrected chi connectivity index (χ1v) is 6.73. The number of likely N-dealkylation sites (tertiary alicyclic amines) is 1. The first-order chi connectivity index (χ1) is 10.1. The van der Waals surface area contributed by atoms with Gasteiger partial charge in [0.05, 0.1) is 10.4 Å². The van der Waals surface area contributed by atoms with Gasteiger partial charge in [-0.15, -0.1) is 0 Å². The third kappa shape index (κ3) is 2.45. The summed E-state index contributed by atoms with van der Waals surface area (Å²) < 4.78 is 0. The van der Waals surface area contributed by atoms with Crippen molar-refractivity contribution in [1.29, 1.82) is 0 Å². The van der Waals surface area contributed by atoms with Crippen molar-refractivity contribution in [2.24, 2.45) is 5.73 Å². The van der Waals surface area contributed by atoms with Gasteiger partial charge < -0.3 is 10.6 Å². The molecular weight excluding hydrogens is 274 g/mol. The summed E-state index contributed by atoms with van der Waals surface area (Å²) >= 11 is 0. The number of carbonyl (C=O) groups is 1. The van der Waals surface area contributed by atoms with Crippen molar-refractivity contribution in [3.63, 3.8) is 0 Å². The molecule has 1 aromatic carbocycles. The van der Waals surface area contributed by atoms with E-state index in [-0.39, 0.29) is 23.3 Å². The average molecular weight is 289 g/mol. The number of piperidine rings is 1. The molecule has 0 saturated carbocycles. The second-order valence-corrected chi connectivity index (χ2v) is 5.21. The zero-order valence-electron chi connectivity index (χ0n) is 11.3. The normalized spacial score (nSPS) is 18.9. The van der Waals surface area contributed by atoms with Gasteiger partial charge in [-0.2, -0.15) is 5.10 Å². The summed E-state index contributed by atoms with van der Waals surface area (Å²) in [6.45, 7) is 1.12. The minimum Gasteiger partial charge on any atom is -0.336 e. The molecule has 1 aliphatic rings. The van der Waals surface area contributed by atoms with E-state index in [0.29, 0.717) is 24.0 Å². The van der Waals surface area contributed by atoms with Gasteiger partial charge in [-0.25, -0.2) is 0 Å². The number of nitro benzene ring substituents is 1. The highest BCUT2D eigenvalue weighted by Gasteiger charge is 2.26. The molecule has 1 atom stereocenters. The van der Waals surface area contributed by atoms with Crippen LogP contribution in [0.2, 0.25) is 0 Å². The number of nitro groups is 1. The van der Waals surface area contributed by atoms with E-state index in [2.05, 4.69) is 10.2 Å². The molecule has 1 amide bonds. The van der Waals surface area contributed by atoms with E-state index in [4.69, 9.17) is 5.73 Å². The maximum absolute atomic E-state index is 12.5. The summed E-state index contributed by atoms with van der Waals surface area (Å²) in [7, 11) is 0. The van der Waals surface area contributed by atoms with E-state index in [1.54, 1.807) is 11.0 Å². The largest absolute Gasteiger partial charge is 0.336 e. The fourth-order valence-electron chi connectivity index (χ4n) is 2.62. The molecule has 0 aliphatic carbocycles. The number of nitrogens with two attached hydrogens (primary N) is 1. The lowest BCUT2D eigenvalue weighted by atomic mass is 10.1. The summed E-state index contributed by atoms with van der Waals surface area (Å²) in [5, 5.41) is 18.1. The highest BCUT2D eigenvalue weighted by molar-refractivity contribution is 6.05. The van der Waals surface area contributed by atoms with Gasteiger partial charge in [0, 0.05) is 36.7 Å². The predicted octanol–water partition coefficient (Wildman–Crippen LogP) is 1.03. The molecule has 2 heterocycles. The maximum Gasteiger partial charge on any atom is 0.275 e. The molecule has 1 aromatic heterocycles. The molecule has 0 radical (unpaired) electrons. The fourth-order valence-corrected chi connectivity index (χ4v) is 2.62. The SMILES string of the molecule is NC1CCCN(C(=O)c2n[nH]c3ccc([N+](=O)[O-])cc23)C1. The van der Waals surface area contributed by atoms with Crippen molar-refractivity contribution in [1.82, 2.24) is 15.1 Å². The Bertz CT molecular complexity index is 711. The van der Waals surface area contributed by atoms with E-state index in [9.17, 15) is 14.9 Å². The van der Waals surface area contributed by atoms with E-state index >= 15 is 0 Å². The fraction of sp³-hybridized carbons (Fsp3) is 0.385. The smallest absolute Gasteiger partial charge is 0.275 e. The zero-order valence-corrected chi connectivity index (χ0v) is 11.3. The molecule has 110 valence electrons. The lowest BCUT2D eigenvalue weighted by Crippen LogP contribution is -2.45. The van der Waals surface area contributed by atoms with E-state index in [0.717, 1.165) is 12.8 Å². The van der Waals surface area contributed by atoms with Crippen LogP contribution in [0.25, 0.3) is 10.9 Å². The molecule has 1 unspecified atom stereocenters. The number of nitrogens with zero attached hydrogens (tertiary/aromatic N) is 3. The quantitative estimate of drug-likeness (QED) is 0.632. The zero-order chi connectivity index (χ0) is 15.0. The Labute approximate surface area is 120 Å². The lowest BCUT2D eigenvalue weighted by Gasteiger charge is -2.30. The summed E-state index contributed by atoms with van der Waals surface area (Å²) in [5.41, 5.74) is 6.63. The number of hydrogen-bond acceptors (Lipinski definition) is 5. The van der Waals surface area contributed by atoms with E-state index < -0.39 is 4.92 Å². The van der Waals surface area contributed by atoms with Crippen LogP contribution in [-0.2, 0) is 0 Å². The Kier molecular flexibility index (Phi) is 3.30. The Balaban J connectivity index is 1.97.